The molecule has 1 heterocycles. The van der Waals surface area contributed by atoms with Crippen LogP contribution in [0.3, 0.4) is 0 Å². The van der Waals surface area contributed by atoms with Crippen LogP contribution in [0.4, 0.5) is 0 Å². The summed E-state index contributed by atoms with van der Waals surface area (Å²) in [5, 5.41) is 21.1. The molecule has 0 aliphatic carbocycles. The van der Waals surface area contributed by atoms with Gasteiger partial charge in [-0.1, -0.05) is 6.07 Å². The second-order valence-electron chi connectivity index (χ2n) is 3.13. The van der Waals surface area contributed by atoms with Gasteiger partial charge in [-0.3, -0.25) is 0 Å². The van der Waals surface area contributed by atoms with Crippen LogP contribution in [0, 0.1) is 11.3 Å². The van der Waals surface area contributed by atoms with Crippen molar-refractivity contribution in [1.29, 1.82) is 5.26 Å². The van der Waals surface area contributed by atoms with Gasteiger partial charge in [0.25, 0.3) is 0 Å². The van der Waals surface area contributed by atoms with Crippen LogP contribution in [-0.4, -0.2) is 26.5 Å². The molecule has 0 spiro atoms. The van der Waals surface area contributed by atoms with Gasteiger partial charge < -0.3 is 0 Å². The molecule has 1 aromatic heterocycles. The fourth-order valence-electron chi connectivity index (χ4n) is 1.28. The Morgan fingerprint density at radius 2 is 2.12 bits per heavy atom. The van der Waals surface area contributed by atoms with E-state index in [1.54, 1.807) is 23.5 Å². The first-order chi connectivity index (χ1) is 8.26. The highest BCUT2D eigenvalue weighted by Gasteiger charge is 2.11. The fraction of sp³-hybridized carbons (Fsp3) is 0.200. The molecule has 0 saturated carbocycles. The smallest absolute Gasteiger partial charge is 0.213 e. The number of hydrogen-bond donors (Lipinski definition) is 0. The Balaban J connectivity index is 2.40. The van der Waals surface area contributed by atoms with E-state index in [0.717, 1.165) is 9.79 Å². The minimum atomic E-state index is 0.666. The van der Waals surface area contributed by atoms with Gasteiger partial charge >= 0.3 is 0 Å². The molecule has 0 bridgehead atoms. The normalized spacial score (nSPS) is 10.2. The molecule has 0 aliphatic rings. The summed E-state index contributed by atoms with van der Waals surface area (Å²) in [6.45, 7) is 0. The molecule has 0 saturated heterocycles. The SMILES string of the molecule is CSc1cccc(Sc2nnnn2C)c1C#N. The van der Waals surface area contributed by atoms with E-state index in [1.807, 2.05) is 24.5 Å². The first-order valence-electron chi connectivity index (χ1n) is 4.73. The lowest BCUT2D eigenvalue weighted by molar-refractivity contribution is 0.664. The third kappa shape index (κ3) is 2.43. The van der Waals surface area contributed by atoms with Crippen molar-refractivity contribution >= 4 is 23.5 Å². The number of rotatable bonds is 3. The number of thioether (sulfide) groups is 1. The first-order valence-corrected chi connectivity index (χ1v) is 6.77. The second-order valence-corrected chi connectivity index (χ2v) is 4.99. The maximum atomic E-state index is 9.19. The average molecular weight is 263 g/mol. The van der Waals surface area contributed by atoms with Gasteiger partial charge in [0.1, 0.15) is 6.07 Å². The van der Waals surface area contributed by atoms with Gasteiger partial charge in [0, 0.05) is 16.8 Å². The van der Waals surface area contributed by atoms with Crippen molar-refractivity contribution in [3.63, 3.8) is 0 Å². The first kappa shape index (κ1) is 12.0. The second kappa shape index (κ2) is 5.21. The Bertz CT molecular complexity index is 572. The zero-order valence-electron chi connectivity index (χ0n) is 9.28. The summed E-state index contributed by atoms with van der Waals surface area (Å²) in [4.78, 5) is 1.84. The lowest BCUT2D eigenvalue weighted by Crippen LogP contribution is -1.93. The Morgan fingerprint density at radius 3 is 2.71 bits per heavy atom. The van der Waals surface area contributed by atoms with Crippen molar-refractivity contribution in [3.8, 4) is 6.07 Å². The lowest BCUT2D eigenvalue weighted by Gasteiger charge is -2.05. The van der Waals surface area contributed by atoms with Crippen molar-refractivity contribution in [1.82, 2.24) is 20.2 Å². The summed E-state index contributed by atoms with van der Waals surface area (Å²) in [5.74, 6) is 0. The third-order valence-electron chi connectivity index (χ3n) is 2.10. The van der Waals surface area contributed by atoms with Crippen molar-refractivity contribution in [2.45, 2.75) is 14.9 Å². The fourth-order valence-corrected chi connectivity index (χ4v) is 2.77. The van der Waals surface area contributed by atoms with Crippen molar-refractivity contribution in [2.75, 3.05) is 6.26 Å². The van der Waals surface area contributed by atoms with Gasteiger partial charge in [0.15, 0.2) is 0 Å². The zero-order valence-corrected chi connectivity index (χ0v) is 10.9. The summed E-state index contributed by atoms with van der Waals surface area (Å²) in [5.41, 5.74) is 0.674. The quantitative estimate of drug-likeness (QED) is 0.788. The molecule has 0 fully saturated rings. The van der Waals surface area contributed by atoms with Gasteiger partial charge in [-0.05, 0) is 40.6 Å². The molecule has 0 radical (unpaired) electrons. The Hall–Kier alpha value is -1.52. The number of nitriles is 1. The highest BCUT2D eigenvalue weighted by atomic mass is 32.2. The Labute approximate surface area is 107 Å². The van der Waals surface area contributed by atoms with Crippen molar-refractivity contribution in [2.24, 2.45) is 7.05 Å². The van der Waals surface area contributed by atoms with E-state index in [9.17, 15) is 5.26 Å². The topological polar surface area (TPSA) is 67.4 Å². The predicted octanol–water partition coefficient (Wildman–Crippen LogP) is 1.95. The molecular formula is C10H9N5S2. The highest BCUT2D eigenvalue weighted by Crippen LogP contribution is 2.32. The monoisotopic (exact) mass is 263 g/mol. The predicted molar refractivity (Wildman–Crippen MR) is 65.9 cm³/mol. The molecule has 2 aromatic rings. The lowest BCUT2D eigenvalue weighted by atomic mass is 10.2. The van der Waals surface area contributed by atoms with Gasteiger partial charge in [-0.25, -0.2) is 4.68 Å². The molecule has 5 nitrogen and oxygen atoms in total. The summed E-state index contributed by atoms with van der Waals surface area (Å²) in [6.07, 6.45) is 1.95. The Morgan fingerprint density at radius 1 is 1.35 bits per heavy atom. The van der Waals surface area contributed by atoms with Crippen LogP contribution in [0.5, 0.6) is 0 Å². The summed E-state index contributed by atoms with van der Waals surface area (Å²) >= 11 is 2.95. The maximum Gasteiger partial charge on any atom is 0.213 e. The molecule has 1 aromatic carbocycles. The van der Waals surface area contributed by atoms with E-state index in [1.165, 1.54) is 11.8 Å². The van der Waals surface area contributed by atoms with E-state index in [-0.39, 0.29) is 0 Å². The number of benzene rings is 1. The van der Waals surface area contributed by atoms with Crippen LogP contribution in [0.15, 0.2) is 33.1 Å². The molecule has 0 N–H and O–H groups in total. The van der Waals surface area contributed by atoms with Crippen LogP contribution >= 0.6 is 23.5 Å². The standard InChI is InChI=1S/C10H9N5S2/c1-15-10(12-13-14-15)17-9-5-3-4-8(16-2)7(9)6-11/h3-5H,1-2H3. The van der Waals surface area contributed by atoms with Gasteiger partial charge in [0.05, 0.1) is 5.56 Å². The van der Waals surface area contributed by atoms with E-state index in [2.05, 4.69) is 21.6 Å². The number of aryl methyl sites for hydroxylation is 1. The van der Waals surface area contributed by atoms with Gasteiger partial charge in [-0.2, -0.15) is 5.26 Å². The number of aromatic nitrogens is 4. The summed E-state index contributed by atoms with van der Waals surface area (Å²) in [7, 11) is 1.77. The minimum Gasteiger partial charge on any atom is -0.223 e. The minimum absolute atomic E-state index is 0.666. The van der Waals surface area contributed by atoms with Crippen molar-refractivity contribution < 1.29 is 0 Å². The molecule has 0 aliphatic heterocycles. The highest BCUT2D eigenvalue weighted by molar-refractivity contribution is 7.99. The summed E-state index contributed by atoms with van der Waals surface area (Å²) in [6, 6.07) is 7.99. The maximum absolute atomic E-state index is 9.19. The van der Waals surface area contributed by atoms with Gasteiger partial charge in [0.2, 0.25) is 5.16 Å². The van der Waals surface area contributed by atoms with Crippen LogP contribution in [-0.2, 0) is 7.05 Å². The molecule has 7 heteroatoms. The number of hydrogen-bond acceptors (Lipinski definition) is 6. The van der Waals surface area contributed by atoms with Crippen LogP contribution < -0.4 is 0 Å². The molecule has 17 heavy (non-hydrogen) atoms. The number of nitrogens with zero attached hydrogens (tertiary/aromatic N) is 5. The third-order valence-corrected chi connectivity index (χ3v) is 3.97. The molecule has 2 rings (SSSR count). The summed E-state index contributed by atoms with van der Waals surface area (Å²) < 4.78 is 1.58. The molecule has 0 amide bonds. The largest absolute Gasteiger partial charge is 0.223 e. The van der Waals surface area contributed by atoms with E-state index >= 15 is 0 Å². The average Bonchev–Trinajstić information content (AvgIpc) is 2.74. The van der Waals surface area contributed by atoms with Crippen molar-refractivity contribution in [3.05, 3.63) is 23.8 Å². The Kier molecular flexibility index (Phi) is 3.66. The van der Waals surface area contributed by atoms with E-state index < -0.39 is 0 Å². The number of tetrazole rings is 1. The van der Waals surface area contributed by atoms with Gasteiger partial charge in [-0.15, -0.1) is 16.9 Å². The van der Waals surface area contributed by atoms with Crippen LogP contribution in [0.1, 0.15) is 5.56 Å². The molecular weight excluding hydrogens is 254 g/mol. The van der Waals surface area contributed by atoms with Crippen LogP contribution in [0.2, 0.25) is 0 Å². The molecule has 86 valence electrons. The molecule has 0 atom stereocenters. The molecule has 0 unspecified atom stereocenters. The van der Waals surface area contributed by atoms with Crippen LogP contribution in [0.25, 0.3) is 0 Å². The van der Waals surface area contributed by atoms with E-state index in [0.29, 0.717) is 10.7 Å². The zero-order chi connectivity index (χ0) is 12.3. The van der Waals surface area contributed by atoms with E-state index in [4.69, 9.17) is 0 Å².